The summed E-state index contributed by atoms with van der Waals surface area (Å²) in [5.74, 6) is 1.07. The van der Waals surface area contributed by atoms with Gasteiger partial charge >= 0.3 is 0 Å². The number of hydrogen-bond acceptors (Lipinski definition) is 5. The molecule has 1 aliphatic carbocycles. The van der Waals surface area contributed by atoms with Crippen LogP contribution >= 0.6 is 0 Å². The first kappa shape index (κ1) is 17.2. The molecule has 6 nitrogen and oxygen atoms in total. The van der Waals surface area contributed by atoms with Gasteiger partial charge in [0.15, 0.2) is 0 Å². The second-order valence-corrected chi connectivity index (χ2v) is 6.33. The van der Waals surface area contributed by atoms with Crippen LogP contribution in [0.2, 0.25) is 0 Å². The van der Waals surface area contributed by atoms with Crippen LogP contribution in [0.4, 0.5) is 0 Å². The van der Waals surface area contributed by atoms with Crippen LogP contribution in [0.15, 0.2) is 36.7 Å². The van der Waals surface area contributed by atoms with E-state index in [4.69, 9.17) is 9.47 Å². The lowest BCUT2D eigenvalue weighted by Gasteiger charge is -2.29. The highest BCUT2D eigenvalue weighted by Gasteiger charge is 2.24. The van der Waals surface area contributed by atoms with Crippen LogP contribution in [0.5, 0.6) is 11.8 Å². The molecule has 132 valence electrons. The van der Waals surface area contributed by atoms with Gasteiger partial charge < -0.3 is 14.8 Å². The number of nitrogens with zero attached hydrogens (tertiary/aromatic N) is 2. The largest absolute Gasteiger partial charge is 0.481 e. The van der Waals surface area contributed by atoms with Crippen molar-refractivity contribution in [3.8, 4) is 11.8 Å². The van der Waals surface area contributed by atoms with E-state index in [1.807, 2.05) is 25.3 Å². The van der Waals surface area contributed by atoms with Crippen LogP contribution in [0.3, 0.4) is 0 Å². The van der Waals surface area contributed by atoms with Gasteiger partial charge in [-0.05, 0) is 44.2 Å². The molecule has 0 saturated heterocycles. The summed E-state index contributed by atoms with van der Waals surface area (Å²) in [7, 11) is 1.55. The average molecular weight is 341 g/mol. The Labute approximate surface area is 147 Å². The van der Waals surface area contributed by atoms with Crippen molar-refractivity contribution in [3.05, 3.63) is 47.8 Å². The maximum atomic E-state index is 12.3. The first-order valence-corrected chi connectivity index (χ1v) is 8.54. The molecule has 0 spiro atoms. The van der Waals surface area contributed by atoms with E-state index < -0.39 is 0 Å². The van der Waals surface area contributed by atoms with Gasteiger partial charge in [0.25, 0.3) is 5.91 Å². The van der Waals surface area contributed by atoms with Crippen LogP contribution in [0.1, 0.15) is 41.6 Å². The maximum Gasteiger partial charge on any atom is 0.253 e. The molecule has 2 aromatic rings. The highest BCUT2D eigenvalue weighted by atomic mass is 16.5. The minimum atomic E-state index is -0.0975. The standard InChI is InChI=1S/C19H23N3O3/c1-13-3-9-18(20-11-13)25-16-7-5-15(6-8-16)22-19(23)14-4-10-17(24-2)21-12-14/h3-4,9-12,15-16H,5-8H2,1-2H3,(H,22,23). The van der Waals surface area contributed by atoms with Gasteiger partial charge in [-0.2, -0.15) is 0 Å². The lowest BCUT2D eigenvalue weighted by Crippen LogP contribution is -2.39. The number of aryl methyl sites for hydroxylation is 1. The van der Waals surface area contributed by atoms with Crippen molar-refractivity contribution >= 4 is 5.91 Å². The Balaban J connectivity index is 1.46. The van der Waals surface area contributed by atoms with Crippen LogP contribution < -0.4 is 14.8 Å². The monoisotopic (exact) mass is 341 g/mol. The zero-order valence-electron chi connectivity index (χ0n) is 14.6. The minimum absolute atomic E-state index is 0.0975. The summed E-state index contributed by atoms with van der Waals surface area (Å²) in [6.07, 6.45) is 7.10. The molecule has 1 N–H and O–H groups in total. The van der Waals surface area contributed by atoms with E-state index in [0.717, 1.165) is 31.2 Å². The van der Waals surface area contributed by atoms with E-state index in [9.17, 15) is 4.79 Å². The molecule has 0 atom stereocenters. The van der Waals surface area contributed by atoms with Crippen molar-refractivity contribution in [3.63, 3.8) is 0 Å². The Kier molecular flexibility index (Phi) is 5.48. The summed E-state index contributed by atoms with van der Waals surface area (Å²) in [4.78, 5) is 20.6. The van der Waals surface area contributed by atoms with Gasteiger partial charge in [-0.3, -0.25) is 4.79 Å². The van der Waals surface area contributed by atoms with E-state index in [1.165, 1.54) is 6.20 Å². The number of carbonyl (C=O) groups is 1. The molecule has 2 heterocycles. The fourth-order valence-corrected chi connectivity index (χ4v) is 2.92. The molecule has 0 radical (unpaired) electrons. The minimum Gasteiger partial charge on any atom is -0.481 e. The molecule has 0 aliphatic heterocycles. The number of hydrogen-bond donors (Lipinski definition) is 1. The fourth-order valence-electron chi connectivity index (χ4n) is 2.92. The van der Waals surface area contributed by atoms with Crippen LogP contribution in [-0.4, -0.2) is 35.1 Å². The zero-order valence-corrected chi connectivity index (χ0v) is 14.6. The summed E-state index contributed by atoms with van der Waals surface area (Å²) < 4.78 is 10.9. The molecular formula is C19H23N3O3. The molecule has 1 amide bonds. The highest BCUT2D eigenvalue weighted by Crippen LogP contribution is 2.23. The van der Waals surface area contributed by atoms with E-state index in [1.54, 1.807) is 19.2 Å². The molecule has 25 heavy (non-hydrogen) atoms. The van der Waals surface area contributed by atoms with Gasteiger partial charge in [-0.25, -0.2) is 9.97 Å². The van der Waals surface area contributed by atoms with E-state index in [0.29, 0.717) is 17.3 Å². The molecule has 6 heteroatoms. The number of nitrogens with one attached hydrogen (secondary N) is 1. The molecule has 2 aromatic heterocycles. The fraction of sp³-hybridized carbons (Fsp3) is 0.421. The summed E-state index contributed by atoms with van der Waals surface area (Å²) in [5.41, 5.74) is 1.66. The summed E-state index contributed by atoms with van der Waals surface area (Å²) in [5, 5.41) is 3.07. The second-order valence-electron chi connectivity index (χ2n) is 6.33. The lowest BCUT2D eigenvalue weighted by molar-refractivity contribution is 0.0889. The molecule has 0 bridgehead atoms. The van der Waals surface area contributed by atoms with E-state index in [2.05, 4.69) is 15.3 Å². The topological polar surface area (TPSA) is 73.3 Å². The molecule has 1 saturated carbocycles. The third-order valence-corrected chi connectivity index (χ3v) is 4.39. The second kappa shape index (κ2) is 7.96. The quantitative estimate of drug-likeness (QED) is 0.905. The van der Waals surface area contributed by atoms with Gasteiger partial charge in [0, 0.05) is 30.6 Å². The van der Waals surface area contributed by atoms with Crippen molar-refractivity contribution < 1.29 is 14.3 Å². The van der Waals surface area contributed by atoms with Gasteiger partial charge in [0.1, 0.15) is 6.10 Å². The maximum absolute atomic E-state index is 12.3. The Morgan fingerprint density at radius 3 is 2.36 bits per heavy atom. The molecule has 0 aromatic carbocycles. The SMILES string of the molecule is COc1ccc(C(=O)NC2CCC(Oc3ccc(C)cn3)CC2)cn1. The number of carbonyl (C=O) groups excluding carboxylic acids is 1. The van der Waals surface area contributed by atoms with Crippen molar-refractivity contribution in [2.24, 2.45) is 0 Å². The van der Waals surface area contributed by atoms with Crippen molar-refractivity contribution in [2.75, 3.05) is 7.11 Å². The zero-order chi connectivity index (χ0) is 17.6. The molecule has 0 unspecified atom stereocenters. The Hall–Kier alpha value is -2.63. The predicted octanol–water partition coefficient (Wildman–Crippen LogP) is 2.91. The van der Waals surface area contributed by atoms with Crippen molar-refractivity contribution in [1.82, 2.24) is 15.3 Å². The van der Waals surface area contributed by atoms with Crippen LogP contribution in [0, 0.1) is 6.92 Å². The first-order chi connectivity index (χ1) is 12.1. The summed E-state index contributed by atoms with van der Waals surface area (Å²) in [6.45, 7) is 2.00. The number of ether oxygens (including phenoxy) is 2. The van der Waals surface area contributed by atoms with Gasteiger partial charge in [0.05, 0.1) is 12.7 Å². The third-order valence-electron chi connectivity index (χ3n) is 4.39. The number of pyridine rings is 2. The number of rotatable bonds is 5. The van der Waals surface area contributed by atoms with Crippen molar-refractivity contribution in [2.45, 2.75) is 44.8 Å². The highest BCUT2D eigenvalue weighted by molar-refractivity contribution is 5.94. The van der Waals surface area contributed by atoms with Gasteiger partial charge in [-0.1, -0.05) is 6.07 Å². The number of amides is 1. The van der Waals surface area contributed by atoms with Crippen LogP contribution in [0.25, 0.3) is 0 Å². The summed E-state index contributed by atoms with van der Waals surface area (Å²) in [6, 6.07) is 7.48. The van der Waals surface area contributed by atoms with Gasteiger partial charge in [0.2, 0.25) is 11.8 Å². The number of aromatic nitrogens is 2. The first-order valence-electron chi connectivity index (χ1n) is 8.54. The molecular weight excluding hydrogens is 318 g/mol. The van der Waals surface area contributed by atoms with E-state index in [-0.39, 0.29) is 18.1 Å². The lowest BCUT2D eigenvalue weighted by atomic mass is 9.92. The van der Waals surface area contributed by atoms with Crippen molar-refractivity contribution in [1.29, 1.82) is 0 Å². The molecule has 1 aliphatic rings. The predicted molar refractivity (Wildman–Crippen MR) is 93.9 cm³/mol. The van der Waals surface area contributed by atoms with Crippen LogP contribution in [-0.2, 0) is 0 Å². The Bertz CT molecular complexity index is 693. The molecule has 1 fully saturated rings. The number of methoxy groups -OCH3 is 1. The van der Waals surface area contributed by atoms with Gasteiger partial charge in [-0.15, -0.1) is 0 Å². The van der Waals surface area contributed by atoms with E-state index >= 15 is 0 Å². The average Bonchev–Trinajstić information content (AvgIpc) is 2.65. The molecule has 3 rings (SSSR count). The Morgan fingerprint density at radius 2 is 1.76 bits per heavy atom. The normalized spacial score (nSPS) is 19.9. The Morgan fingerprint density at radius 1 is 1.04 bits per heavy atom. The smallest absolute Gasteiger partial charge is 0.253 e. The summed E-state index contributed by atoms with van der Waals surface area (Å²) >= 11 is 0. The third kappa shape index (κ3) is 4.68.